The fourth-order valence-corrected chi connectivity index (χ4v) is 3.14. The zero-order chi connectivity index (χ0) is 20.0. The maximum absolute atomic E-state index is 12.2. The number of amides is 3. The number of H-pyrrole nitrogens is 1. The minimum Gasteiger partial charge on any atom is -0.368 e. The molecule has 0 bridgehead atoms. The molecule has 5 N–H and O–H groups in total. The van der Waals surface area contributed by atoms with Crippen molar-refractivity contribution in [2.45, 2.75) is 39.7 Å². The van der Waals surface area contributed by atoms with Crippen LogP contribution in [0.1, 0.15) is 32.8 Å². The number of aromatic nitrogens is 1. The lowest BCUT2D eigenvalue weighted by atomic mass is 9.98. The Morgan fingerprint density at radius 2 is 1.85 bits per heavy atom. The lowest BCUT2D eigenvalue weighted by Gasteiger charge is -2.17. The lowest BCUT2D eigenvalue weighted by molar-refractivity contribution is -0.130. The van der Waals surface area contributed by atoms with Crippen LogP contribution in [0.3, 0.4) is 0 Å². The van der Waals surface area contributed by atoms with Crippen molar-refractivity contribution in [3.8, 4) is 0 Å². The number of nitrogens with two attached hydrogens (primary N) is 1. The van der Waals surface area contributed by atoms with Crippen LogP contribution in [0.4, 0.5) is 0 Å². The highest BCUT2D eigenvalue weighted by atomic mass is 16.2. The van der Waals surface area contributed by atoms with Crippen molar-refractivity contribution in [1.29, 1.82) is 0 Å². The van der Waals surface area contributed by atoms with Gasteiger partial charge in [0.15, 0.2) is 0 Å². The van der Waals surface area contributed by atoms with Gasteiger partial charge in [-0.15, -0.1) is 0 Å². The first kappa shape index (κ1) is 20.5. The Kier molecular flexibility index (Phi) is 6.98. The summed E-state index contributed by atoms with van der Waals surface area (Å²) >= 11 is 0. The summed E-state index contributed by atoms with van der Waals surface area (Å²) < 4.78 is 0. The van der Waals surface area contributed by atoms with Crippen LogP contribution in [0.15, 0.2) is 30.5 Å². The SMILES string of the molecule is CC(C)C[C@H](C)C(=O)NCC(=O)N[C@@H](Cc1c[nH]c2ccccc12)C(N)=O. The van der Waals surface area contributed by atoms with Crippen molar-refractivity contribution < 1.29 is 14.4 Å². The Morgan fingerprint density at radius 3 is 2.52 bits per heavy atom. The van der Waals surface area contributed by atoms with Crippen molar-refractivity contribution in [2.75, 3.05) is 6.54 Å². The van der Waals surface area contributed by atoms with Crippen LogP contribution < -0.4 is 16.4 Å². The minimum atomic E-state index is -0.846. The number of hydrogen-bond acceptors (Lipinski definition) is 3. The van der Waals surface area contributed by atoms with E-state index in [9.17, 15) is 14.4 Å². The van der Waals surface area contributed by atoms with Crippen LogP contribution in [-0.4, -0.2) is 35.3 Å². The van der Waals surface area contributed by atoms with E-state index in [4.69, 9.17) is 5.73 Å². The standard InChI is InChI=1S/C20H28N4O3/c1-12(2)8-13(3)20(27)23-11-18(25)24-17(19(21)26)9-14-10-22-16-7-5-4-6-15(14)16/h4-7,10,12-13,17,22H,8-9,11H2,1-3H3,(H2,21,26)(H,23,27)(H,24,25)/t13-,17-/m0/s1. The molecule has 27 heavy (non-hydrogen) atoms. The summed E-state index contributed by atoms with van der Waals surface area (Å²) in [7, 11) is 0. The number of para-hydroxylation sites is 1. The summed E-state index contributed by atoms with van der Waals surface area (Å²) in [5.74, 6) is -1.01. The molecule has 3 amide bonds. The molecule has 146 valence electrons. The molecular formula is C20H28N4O3. The van der Waals surface area contributed by atoms with E-state index in [0.29, 0.717) is 5.92 Å². The van der Waals surface area contributed by atoms with E-state index < -0.39 is 17.9 Å². The van der Waals surface area contributed by atoms with Crippen LogP contribution in [0.25, 0.3) is 10.9 Å². The summed E-state index contributed by atoms with van der Waals surface area (Å²) in [6, 6.07) is 6.85. The number of carbonyl (C=O) groups is 3. The van der Waals surface area contributed by atoms with E-state index in [1.165, 1.54) is 0 Å². The number of primary amides is 1. The summed E-state index contributed by atoms with van der Waals surface area (Å²) in [4.78, 5) is 39.1. The average molecular weight is 372 g/mol. The van der Waals surface area contributed by atoms with Crippen molar-refractivity contribution in [3.63, 3.8) is 0 Å². The van der Waals surface area contributed by atoms with Gasteiger partial charge in [-0.3, -0.25) is 14.4 Å². The van der Waals surface area contributed by atoms with Crippen molar-refractivity contribution in [1.82, 2.24) is 15.6 Å². The first-order chi connectivity index (χ1) is 12.8. The van der Waals surface area contributed by atoms with Gasteiger partial charge in [-0.05, 0) is 24.0 Å². The van der Waals surface area contributed by atoms with Gasteiger partial charge in [0.25, 0.3) is 0 Å². The molecule has 0 aliphatic rings. The molecule has 0 aliphatic heterocycles. The first-order valence-corrected chi connectivity index (χ1v) is 9.19. The lowest BCUT2D eigenvalue weighted by Crippen LogP contribution is -2.49. The Bertz CT molecular complexity index is 812. The fraction of sp³-hybridized carbons (Fsp3) is 0.450. The number of rotatable bonds is 9. The fourth-order valence-electron chi connectivity index (χ4n) is 3.14. The molecule has 0 radical (unpaired) electrons. The second kappa shape index (κ2) is 9.21. The highest BCUT2D eigenvalue weighted by Crippen LogP contribution is 2.19. The zero-order valence-electron chi connectivity index (χ0n) is 16.0. The van der Waals surface area contributed by atoms with E-state index in [0.717, 1.165) is 22.9 Å². The Balaban J connectivity index is 1.93. The van der Waals surface area contributed by atoms with E-state index in [1.54, 1.807) is 0 Å². The highest BCUT2D eigenvalue weighted by molar-refractivity contribution is 5.91. The van der Waals surface area contributed by atoms with Gasteiger partial charge < -0.3 is 21.4 Å². The van der Waals surface area contributed by atoms with Gasteiger partial charge >= 0.3 is 0 Å². The molecule has 1 aromatic carbocycles. The molecule has 1 aromatic heterocycles. The highest BCUT2D eigenvalue weighted by Gasteiger charge is 2.21. The van der Waals surface area contributed by atoms with Crippen molar-refractivity contribution in [3.05, 3.63) is 36.0 Å². The van der Waals surface area contributed by atoms with Gasteiger partial charge in [-0.2, -0.15) is 0 Å². The van der Waals surface area contributed by atoms with Gasteiger partial charge in [-0.25, -0.2) is 0 Å². The number of hydrogen-bond donors (Lipinski definition) is 4. The molecule has 7 nitrogen and oxygen atoms in total. The van der Waals surface area contributed by atoms with Crippen LogP contribution >= 0.6 is 0 Å². The zero-order valence-corrected chi connectivity index (χ0v) is 16.0. The molecule has 0 unspecified atom stereocenters. The molecule has 7 heteroatoms. The van der Waals surface area contributed by atoms with Crippen molar-refractivity contribution in [2.24, 2.45) is 17.6 Å². The molecule has 0 saturated carbocycles. The molecular weight excluding hydrogens is 344 g/mol. The molecule has 0 fully saturated rings. The number of aromatic amines is 1. The molecule has 2 atom stereocenters. The predicted octanol–water partition coefficient (Wildman–Crippen LogP) is 1.48. The van der Waals surface area contributed by atoms with Gasteiger partial charge in [0, 0.05) is 29.4 Å². The number of benzene rings is 1. The molecule has 2 rings (SSSR count). The smallest absolute Gasteiger partial charge is 0.240 e. The Morgan fingerprint density at radius 1 is 1.15 bits per heavy atom. The monoisotopic (exact) mass is 372 g/mol. The second-order valence-corrected chi connectivity index (χ2v) is 7.33. The van der Waals surface area contributed by atoms with Crippen LogP contribution in [0, 0.1) is 11.8 Å². The topological polar surface area (TPSA) is 117 Å². The third kappa shape index (κ3) is 5.84. The largest absolute Gasteiger partial charge is 0.368 e. The van der Waals surface area contributed by atoms with Gasteiger partial charge in [0.1, 0.15) is 6.04 Å². The quantitative estimate of drug-likeness (QED) is 0.534. The average Bonchev–Trinajstić information content (AvgIpc) is 3.01. The minimum absolute atomic E-state index is 0.170. The van der Waals surface area contributed by atoms with E-state index in [2.05, 4.69) is 15.6 Å². The third-order valence-corrected chi connectivity index (χ3v) is 4.47. The Labute approximate surface area is 159 Å². The maximum atomic E-state index is 12.2. The van der Waals surface area contributed by atoms with E-state index in [-0.39, 0.29) is 24.8 Å². The van der Waals surface area contributed by atoms with Crippen LogP contribution in [0.5, 0.6) is 0 Å². The molecule has 2 aromatic rings. The Hall–Kier alpha value is -2.83. The van der Waals surface area contributed by atoms with Crippen LogP contribution in [-0.2, 0) is 20.8 Å². The van der Waals surface area contributed by atoms with Crippen LogP contribution in [0.2, 0.25) is 0 Å². The van der Waals surface area contributed by atoms with Crippen molar-refractivity contribution >= 4 is 28.6 Å². The van der Waals surface area contributed by atoms with E-state index >= 15 is 0 Å². The first-order valence-electron chi connectivity index (χ1n) is 9.19. The number of fused-ring (bicyclic) bond motifs is 1. The maximum Gasteiger partial charge on any atom is 0.240 e. The number of nitrogens with one attached hydrogen (secondary N) is 3. The summed E-state index contributed by atoms with van der Waals surface area (Å²) in [6.45, 7) is 5.73. The third-order valence-electron chi connectivity index (χ3n) is 4.47. The van der Waals surface area contributed by atoms with Gasteiger partial charge in [0.2, 0.25) is 17.7 Å². The normalized spacial score (nSPS) is 13.3. The second-order valence-electron chi connectivity index (χ2n) is 7.33. The summed E-state index contributed by atoms with van der Waals surface area (Å²) in [6.07, 6.45) is 2.84. The van der Waals surface area contributed by atoms with Gasteiger partial charge in [0.05, 0.1) is 6.54 Å². The predicted molar refractivity (Wildman–Crippen MR) is 105 cm³/mol. The molecule has 0 spiro atoms. The molecule has 1 heterocycles. The molecule has 0 saturated heterocycles. The van der Waals surface area contributed by atoms with E-state index in [1.807, 2.05) is 51.2 Å². The number of carbonyl (C=O) groups excluding carboxylic acids is 3. The summed E-state index contributed by atoms with van der Waals surface area (Å²) in [5, 5.41) is 6.20. The molecule has 0 aliphatic carbocycles. The van der Waals surface area contributed by atoms with Gasteiger partial charge in [-0.1, -0.05) is 39.0 Å². The summed E-state index contributed by atoms with van der Waals surface area (Å²) in [5.41, 5.74) is 7.30.